The van der Waals surface area contributed by atoms with Crippen LogP contribution in [0.3, 0.4) is 0 Å². The van der Waals surface area contributed by atoms with E-state index in [2.05, 4.69) is 5.32 Å². The molecule has 0 spiro atoms. The molecular formula is C13H18N2O2S. The van der Waals surface area contributed by atoms with Crippen LogP contribution in [0.5, 0.6) is 0 Å². The minimum atomic E-state index is -0.820. The molecule has 2 amide bonds. The molecule has 5 heteroatoms. The van der Waals surface area contributed by atoms with Gasteiger partial charge in [0.25, 0.3) is 0 Å². The number of nitrogens with zero attached hydrogens (tertiary/aromatic N) is 1. The molecule has 2 rings (SSSR count). The quantitative estimate of drug-likeness (QED) is 0.889. The lowest BCUT2D eigenvalue weighted by atomic mass is 10.0. The van der Waals surface area contributed by atoms with E-state index in [1.165, 1.54) is 0 Å². The van der Waals surface area contributed by atoms with Crippen LogP contribution in [0.1, 0.15) is 38.1 Å². The number of nitrogens with one attached hydrogen (secondary N) is 1. The molecule has 1 aromatic rings. The van der Waals surface area contributed by atoms with E-state index in [9.17, 15) is 9.59 Å². The molecule has 4 nitrogen and oxygen atoms in total. The highest BCUT2D eigenvalue weighted by molar-refractivity contribution is 7.10. The average Bonchev–Trinajstić information content (AvgIpc) is 2.77. The van der Waals surface area contributed by atoms with Gasteiger partial charge >= 0.3 is 0 Å². The van der Waals surface area contributed by atoms with Crippen LogP contribution >= 0.6 is 11.3 Å². The van der Waals surface area contributed by atoms with E-state index in [0.29, 0.717) is 13.0 Å². The van der Waals surface area contributed by atoms with Crippen molar-refractivity contribution in [2.75, 3.05) is 6.54 Å². The Morgan fingerprint density at radius 2 is 2.17 bits per heavy atom. The minimum Gasteiger partial charge on any atom is -0.342 e. The summed E-state index contributed by atoms with van der Waals surface area (Å²) < 4.78 is 0. The summed E-state index contributed by atoms with van der Waals surface area (Å²) in [7, 11) is 0. The number of carbonyl (C=O) groups excluding carboxylic acids is 2. The molecule has 1 saturated heterocycles. The highest BCUT2D eigenvalue weighted by atomic mass is 32.1. The van der Waals surface area contributed by atoms with Crippen molar-refractivity contribution in [1.29, 1.82) is 0 Å². The molecule has 0 saturated carbocycles. The molecule has 0 aromatic carbocycles. The van der Waals surface area contributed by atoms with Crippen molar-refractivity contribution in [2.45, 2.75) is 38.8 Å². The Balaban J connectivity index is 2.26. The second kappa shape index (κ2) is 4.72. The van der Waals surface area contributed by atoms with Crippen molar-refractivity contribution in [3.8, 4) is 0 Å². The number of hydrogen-bond acceptors (Lipinski definition) is 3. The highest BCUT2D eigenvalue weighted by Gasteiger charge is 2.38. The molecule has 1 aromatic heterocycles. The van der Waals surface area contributed by atoms with Gasteiger partial charge in [-0.15, -0.1) is 11.3 Å². The van der Waals surface area contributed by atoms with E-state index in [1.54, 1.807) is 30.1 Å². The smallest absolute Gasteiger partial charge is 0.248 e. The molecule has 18 heavy (non-hydrogen) atoms. The molecule has 0 aliphatic carbocycles. The summed E-state index contributed by atoms with van der Waals surface area (Å²) in [4.78, 5) is 27.0. The second-order valence-electron chi connectivity index (χ2n) is 5.11. The second-order valence-corrected chi connectivity index (χ2v) is 6.09. The van der Waals surface area contributed by atoms with Crippen LogP contribution in [0, 0.1) is 0 Å². The maximum atomic E-state index is 12.5. The third-order valence-corrected chi connectivity index (χ3v) is 4.29. The normalized spacial score (nSPS) is 21.4. The van der Waals surface area contributed by atoms with E-state index >= 15 is 0 Å². The van der Waals surface area contributed by atoms with Crippen LogP contribution in [0.4, 0.5) is 0 Å². The topological polar surface area (TPSA) is 49.4 Å². The number of rotatable bonds is 2. The molecule has 0 bridgehead atoms. The maximum absolute atomic E-state index is 12.5. The zero-order valence-corrected chi connectivity index (χ0v) is 11.7. The number of amides is 2. The third-order valence-electron chi connectivity index (χ3n) is 3.25. The highest BCUT2D eigenvalue weighted by Crippen LogP contribution is 2.28. The predicted octanol–water partition coefficient (Wildman–Crippen LogP) is 1.94. The van der Waals surface area contributed by atoms with E-state index in [4.69, 9.17) is 0 Å². The van der Waals surface area contributed by atoms with Crippen LogP contribution in [0.2, 0.25) is 0 Å². The van der Waals surface area contributed by atoms with Gasteiger partial charge in [0, 0.05) is 17.8 Å². The molecule has 0 radical (unpaired) electrons. The third kappa shape index (κ3) is 2.41. The Kier molecular flexibility index (Phi) is 3.43. The first-order valence-corrected chi connectivity index (χ1v) is 6.95. The lowest BCUT2D eigenvalue weighted by molar-refractivity contribution is -0.139. The zero-order chi connectivity index (χ0) is 13.3. The van der Waals surface area contributed by atoms with E-state index in [0.717, 1.165) is 4.88 Å². The van der Waals surface area contributed by atoms with Gasteiger partial charge in [-0.3, -0.25) is 9.59 Å². The fourth-order valence-corrected chi connectivity index (χ4v) is 2.99. The molecule has 1 N–H and O–H groups in total. The summed E-state index contributed by atoms with van der Waals surface area (Å²) in [6.07, 6.45) is 0.366. The molecule has 1 fully saturated rings. The summed E-state index contributed by atoms with van der Waals surface area (Å²) in [6, 6.07) is 4.02. The van der Waals surface area contributed by atoms with Crippen molar-refractivity contribution in [2.24, 2.45) is 0 Å². The molecule has 1 aliphatic rings. The Morgan fingerprint density at radius 1 is 1.44 bits per heavy atom. The molecule has 98 valence electrons. The Bertz CT molecular complexity index is 454. The maximum Gasteiger partial charge on any atom is 0.248 e. The van der Waals surface area contributed by atoms with E-state index in [1.807, 2.05) is 24.4 Å². The van der Waals surface area contributed by atoms with Crippen molar-refractivity contribution < 1.29 is 9.59 Å². The SMILES string of the molecule is CC(c1cccs1)N1CCC(=O)NC(C)(C)C1=O. The lowest BCUT2D eigenvalue weighted by Gasteiger charge is -2.32. The zero-order valence-electron chi connectivity index (χ0n) is 10.9. The standard InChI is InChI=1S/C13H18N2O2S/c1-9(10-5-4-8-18-10)15-7-6-11(16)14-13(2,3)12(15)17/h4-5,8-9H,6-7H2,1-3H3,(H,14,16). The Labute approximate surface area is 111 Å². The van der Waals surface area contributed by atoms with Crippen LogP contribution in [-0.4, -0.2) is 28.8 Å². The first-order chi connectivity index (χ1) is 8.42. The van der Waals surface area contributed by atoms with Gasteiger partial charge in [0.2, 0.25) is 11.8 Å². The number of thiophene rings is 1. The van der Waals surface area contributed by atoms with Crippen molar-refractivity contribution in [3.63, 3.8) is 0 Å². The summed E-state index contributed by atoms with van der Waals surface area (Å²) in [5, 5.41) is 4.77. The van der Waals surface area contributed by atoms with E-state index in [-0.39, 0.29) is 17.9 Å². The molecule has 1 unspecified atom stereocenters. The fourth-order valence-electron chi connectivity index (χ4n) is 2.20. The Morgan fingerprint density at radius 3 is 2.78 bits per heavy atom. The van der Waals surface area contributed by atoms with Gasteiger partial charge in [-0.2, -0.15) is 0 Å². The largest absolute Gasteiger partial charge is 0.342 e. The van der Waals surface area contributed by atoms with E-state index < -0.39 is 5.54 Å². The summed E-state index contributed by atoms with van der Waals surface area (Å²) in [5.41, 5.74) is -0.820. The van der Waals surface area contributed by atoms with Crippen molar-refractivity contribution >= 4 is 23.2 Å². The van der Waals surface area contributed by atoms with Crippen molar-refractivity contribution in [3.05, 3.63) is 22.4 Å². The minimum absolute atomic E-state index is 0.0180. The monoisotopic (exact) mass is 266 g/mol. The summed E-state index contributed by atoms with van der Waals surface area (Å²) in [6.45, 7) is 6.00. The number of hydrogen-bond donors (Lipinski definition) is 1. The van der Waals surface area contributed by atoms with Crippen LogP contribution < -0.4 is 5.32 Å². The van der Waals surface area contributed by atoms with Gasteiger partial charge in [0.15, 0.2) is 0 Å². The molecule has 1 aliphatic heterocycles. The fraction of sp³-hybridized carbons (Fsp3) is 0.538. The Hall–Kier alpha value is -1.36. The first kappa shape index (κ1) is 13.1. The van der Waals surface area contributed by atoms with Gasteiger partial charge in [-0.1, -0.05) is 6.07 Å². The van der Waals surface area contributed by atoms with Gasteiger partial charge in [0.05, 0.1) is 6.04 Å². The molecule has 1 atom stereocenters. The molecule has 2 heterocycles. The van der Waals surface area contributed by atoms with Gasteiger partial charge in [0.1, 0.15) is 5.54 Å². The average molecular weight is 266 g/mol. The lowest BCUT2D eigenvalue weighted by Crippen LogP contribution is -2.53. The van der Waals surface area contributed by atoms with Crippen LogP contribution in [0.15, 0.2) is 17.5 Å². The van der Waals surface area contributed by atoms with Crippen LogP contribution in [0.25, 0.3) is 0 Å². The van der Waals surface area contributed by atoms with Gasteiger partial charge in [-0.25, -0.2) is 0 Å². The summed E-state index contributed by atoms with van der Waals surface area (Å²) in [5.74, 6) is -0.0801. The van der Waals surface area contributed by atoms with Gasteiger partial charge in [-0.05, 0) is 32.2 Å². The van der Waals surface area contributed by atoms with Crippen LogP contribution in [-0.2, 0) is 9.59 Å². The summed E-state index contributed by atoms with van der Waals surface area (Å²) >= 11 is 1.64. The predicted molar refractivity (Wildman–Crippen MR) is 71.3 cm³/mol. The molecular weight excluding hydrogens is 248 g/mol. The first-order valence-electron chi connectivity index (χ1n) is 6.07. The number of carbonyl (C=O) groups is 2. The van der Waals surface area contributed by atoms with Crippen molar-refractivity contribution in [1.82, 2.24) is 10.2 Å². The van der Waals surface area contributed by atoms with Gasteiger partial charge < -0.3 is 10.2 Å².